The Morgan fingerprint density at radius 3 is 2.60 bits per heavy atom. The minimum Gasteiger partial charge on any atom is -0.303 e. The maximum Gasteiger partial charge on any atom is 0.182 e. The number of Topliss-reactive ketones (excluding diaryl/α,β-unsaturated/α-hetero) is 1. The van der Waals surface area contributed by atoms with Gasteiger partial charge in [0.15, 0.2) is 5.78 Å². The smallest absolute Gasteiger partial charge is 0.182 e. The van der Waals surface area contributed by atoms with Gasteiger partial charge in [-0.15, -0.1) is 0 Å². The van der Waals surface area contributed by atoms with Gasteiger partial charge in [-0.2, -0.15) is 0 Å². The van der Waals surface area contributed by atoms with Crippen molar-refractivity contribution in [2.24, 2.45) is 0 Å². The molecule has 0 aliphatic heterocycles. The van der Waals surface area contributed by atoms with Crippen LogP contribution in [0.4, 0.5) is 4.39 Å². The van der Waals surface area contributed by atoms with Crippen molar-refractivity contribution in [1.82, 2.24) is 9.88 Å². The summed E-state index contributed by atoms with van der Waals surface area (Å²) >= 11 is 0. The van der Waals surface area contributed by atoms with Crippen molar-refractivity contribution in [1.29, 1.82) is 0 Å². The Hall–Kier alpha value is -1.29. The van der Waals surface area contributed by atoms with Crippen LogP contribution in [0.3, 0.4) is 0 Å². The van der Waals surface area contributed by atoms with Crippen LogP contribution >= 0.6 is 0 Å². The van der Waals surface area contributed by atoms with E-state index in [0.29, 0.717) is 18.2 Å². The molecule has 1 aliphatic rings. The number of carbonyl (C=O) groups excluding carboxylic acids is 1. The first-order chi connectivity index (χ1) is 9.66. The molecular formula is C16H23FN2O. The monoisotopic (exact) mass is 278 g/mol. The molecule has 0 N–H and O–H groups in total. The predicted molar refractivity (Wildman–Crippen MR) is 77.3 cm³/mol. The zero-order valence-electron chi connectivity index (χ0n) is 12.1. The van der Waals surface area contributed by atoms with Gasteiger partial charge in [0.2, 0.25) is 0 Å². The molecule has 0 spiro atoms. The zero-order valence-corrected chi connectivity index (χ0v) is 12.1. The first-order valence-corrected chi connectivity index (χ1v) is 7.52. The van der Waals surface area contributed by atoms with Gasteiger partial charge in [0.1, 0.15) is 11.5 Å². The standard InChI is InChI=1S/C16H23FN2O/c1-19(14-6-4-2-3-5-7-14)11-10-16(20)15-9-8-13(17)12-18-15/h8-9,12,14H,2-7,10-11H2,1H3. The Morgan fingerprint density at radius 2 is 2.00 bits per heavy atom. The maximum absolute atomic E-state index is 12.8. The Balaban J connectivity index is 1.81. The van der Waals surface area contributed by atoms with E-state index in [4.69, 9.17) is 0 Å². The minimum absolute atomic E-state index is 0.00882. The number of hydrogen-bond donors (Lipinski definition) is 0. The predicted octanol–water partition coefficient (Wildman–Crippen LogP) is 3.45. The van der Waals surface area contributed by atoms with Gasteiger partial charge in [-0.05, 0) is 32.0 Å². The molecule has 0 unspecified atom stereocenters. The van der Waals surface area contributed by atoms with Crippen molar-refractivity contribution in [2.75, 3.05) is 13.6 Å². The van der Waals surface area contributed by atoms with Gasteiger partial charge in [0.05, 0.1) is 6.20 Å². The third-order valence-electron chi connectivity index (χ3n) is 4.15. The Morgan fingerprint density at radius 1 is 1.30 bits per heavy atom. The van der Waals surface area contributed by atoms with E-state index < -0.39 is 5.82 Å². The van der Waals surface area contributed by atoms with Crippen LogP contribution in [0.25, 0.3) is 0 Å². The maximum atomic E-state index is 12.8. The molecule has 1 aromatic rings. The molecule has 0 aromatic carbocycles. The molecule has 0 atom stereocenters. The second kappa shape index (κ2) is 7.48. The number of rotatable bonds is 5. The van der Waals surface area contributed by atoms with Crippen LogP contribution < -0.4 is 0 Å². The van der Waals surface area contributed by atoms with E-state index in [-0.39, 0.29) is 5.78 Å². The average molecular weight is 278 g/mol. The van der Waals surface area contributed by atoms with Crippen LogP contribution in [-0.4, -0.2) is 35.3 Å². The highest BCUT2D eigenvalue weighted by Gasteiger charge is 2.18. The summed E-state index contributed by atoms with van der Waals surface area (Å²) in [6, 6.07) is 3.35. The largest absolute Gasteiger partial charge is 0.303 e. The van der Waals surface area contributed by atoms with E-state index in [1.165, 1.54) is 50.7 Å². The number of pyridine rings is 1. The average Bonchev–Trinajstić information content (AvgIpc) is 2.74. The summed E-state index contributed by atoms with van der Waals surface area (Å²) in [6.45, 7) is 0.753. The van der Waals surface area contributed by atoms with Crippen molar-refractivity contribution in [3.05, 3.63) is 29.8 Å². The van der Waals surface area contributed by atoms with Gasteiger partial charge >= 0.3 is 0 Å². The topological polar surface area (TPSA) is 33.2 Å². The lowest BCUT2D eigenvalue weighted by atomic mass is 10.1. The summed E-state index contributed by atoms with van der Waals surface area (Å²) < 4.78 is 12.8. The van der Waals surface area contributed by atoms with Crippen molar-refractivity contribution in [2.45, 2.75) is 51.0 Å². The molecule has 0 saturated heterocycles. The lowest BCUT2D eigenvalue weighted by Gasteiger charge is -2.26. The third-order valence-corrected chi connectivity index (χ3v) is 4.15. The molecule has 0 amide bonds. The van der Waals surface area contributed by atoms with Gasteiger partial charge < -0.3 is 4.90 Å². The van der Waals surface area contributed by atoms with E-state index in [1.807, 2.05) is 0 Å². The molecule has 1 saturated carbocycles. The summed E-state index contributed by atoms with van der Waals surface area (Å²) in [5.41, 5.74) is 0.362. The second-order valence-corrected chi connectivity index (χ2v) is 5.66. The van der Waals surface area contributed by atoms with Crippen molar-refractivity contribution < 1.29 is 9.18 Å². The zero-order chi connectivity index (χ0) is 14.4. The van der Waals surface area contributed by atoms with Gasteiger partial charge in [-0.1, -0.05) is 25.7 Å². The first-order valence-electron chi connectivity index (χ1n) is 7.52. The van der Waals surface area contributed by atoms with Crippen LogP contribution in [0.2, 0.25) is 0 Å². The third kappa shape index (κ3) is 4.37. The molecular weight excluding hydrogens is 255 g/mol. The number of nitrogens with zero attached hydrogens (tertiary/aromatic N) is 2. The van der Waals surface area contributed by atoms with Crippen LogP contribution in [0.1, 0.15) is 55.4 Å². The summed E-state index contributed by atoms with van der Waals surface area (Å²) in [7, 11) is 2.10. The fourth-order valence-electron chi connectivity index (χ4n) is 2.83. The van der Waals surface area contributed by atoms with Gasteiger partial charge in [0, 0.05) is 19.0 Å². The summed E-state index contributed by atoms with van der Waals surface area (Å²) in [5, 5.41) is 0. The SMILES string of the molecule is CN(CCC(=O)c1ccc(F)cn1)C1CCCCCC1. The van der Waals surface area contributed by atoms with Crippen molar-refractivity contribution in [3.8, 4) is 0 Å². The Labute approximate surface area is 120 Å². The fourth-order valence-corrected chi connectivity index (χ4v) is 2.83. The molecule has 1 aromatic heterocycles. The molecule has 3 nitrogen and oxygen atoms in total. The Bertz CT molecular complexity index is 425. The summed E-state index contributed by atoms with van der Waals surface area (Å²) in [5.74, 6) is -0.414. The van der Waals surface area contributed by atoms with Crippen molar-refractivity contribution >= 4 is 5.78 Å². The number of carbonyl (C=O) groups is 1. The molecule has 2 rings (SSSR count). The number of ketones is 1. The van der Waals surface area contributed by atoms with E-state index in [9.17, 15) is 9.18 Å². The van der Waals surface area contributed by atoms with E-state index in [1.54, 1.807) is 0 Å². The number of halogens is 1. The lowest BCUT2D eigenvalue weighted by Crippen LogP contribution is -2.33. The molecule has 20 heavy (non-hydrogen) atoms. The van der Waals surface area contributed by atoms with Crippen LogP contribution in [0.15, 0.2) is 18.3 Å². The van der Waals surface area contributed by atoms with Crippen LogP contribution in [-0.2, 0) is 0 Å². The number of hydrogen-bond acceptors (Lipinski definition) is 3. The van der Waals surface area contributed by atoms with E-state index in [2.05, 4.69) is 16.9 Å². The summed E-state index contributed by atoms with van der Waals surface area (Å²) in [4.78, 5) is 18.1. The highest BCUT2D eigenvalue weighted by atomic mass is 19.1. The molecule has 1 fully saturated rings. The van der Waals surface area contributed by atoms with Gasteiger partial charge in [-0.25, -0.2) is 4.39 Å². The molecule has 110 valence electrons. The molecule has 1 heterocycles. The molecule has 1 aliphatic carbocycles. The van der Waals surface area contributed by atoms with Crippen LogP contribution in [0.5, 0.6) is 0 Å². The summed E-state index contributed by atoms with van der Waals surface area (Å²) in [6.07, 6.45) is 9.28. The Kier molecular flexibility index (Phi) is 5.65. The number of aromatic nitrogens is 1. The van der Waals surface area contributed by atoms with Gasteiger partial charge in [-0.3, -0.25) is 9.78 Å². The second-order valence-electron chi connectivity index (χ2n) is 5.66. The molecule has 0 radical (unpaired) electrons. The minimum atomic E-state index is -0.405. The highest BCUT2D eigenvalue weighted by molar-refractivity contribution is 5.94. The highest BCUT2D eigenvalue weighted by Crippen LogP contribution is 2.21. The van der Waals surface area contributed by atoms with Gasteiger partial charge in [0.25, 0.3) is 0 Å². The van der Waals surface area contributed by atoms with Crippen molar-refractivity contribution in [3.63, 3.8) is 0 Å². The molecule has 4 heteroatoms. The lowest BCUT2D eigenvalue weighted by molar-refractivity contribution is 0.0952. The van der Waals surface area contributed by atoms with E-state index >= 15 is 0 Å². The van der Waals surface area contributed by atoms with Crippen LogP contribution in [0, 0.1) is 5.82 Å². The normalized spacial score (nSPS) is 17.1. The fraction of sp³-hybridized carbons (Fsp3) is 0.625. The quantitative estimate of drug-likeness (QED) is 0.611. The first kappa shape index (κ1) is 15.1. The van der Waals surface area contributed by atoms with E-state index in [0.717, 1.165) is 12.7 Å². The molecule has 0 bridgehead atoms.